The lowest BCUT2D eigenvalue weighted by atomic mass is 9.70. The predicted molar refractivity (Wildman–Crippen MR) is 180 cm³/mol. The van der Waals surface area contributed by atoms with Gasteiger partial charge in [-0.2, -0.15) is 0 Å². The summed E-state index contributed by atoms with van der Waals surface area (Å²) >= 11 is 0. The molecule has 2 saturated heterocycles. The van der Waals surface area contributed by atoms with Gasteiger partial charge in [-0.1, -0.05) is 34.6 Å². The number of hydrogen-bond acceptors (Lipinski definition) is 12. The fraction of sp³-hybridized carbons (Fsp3) is 0.943. The zero-order valence-corrected chi connectivity index (χ0v) is 31.2. The summed E-state index contributed by atoms with van der Waals surface area (Å²) in [6.07, 6.45) is -4.67. The number of cyclic esters (lactones) is 1. The lowest BCUT2D eigenvalue weighted by molar-refractivity contribution is -0.298. The van der Waals surface area contributed by atoms with Crippen LogP contribution < -0.4 is 0 Å². The van der Waals surface area contributed by atoms with Crippen LogP contribution in [0.1, 0.15) is 88.5 Å². The summed E-state index contributed by atoms with van der Waals surface area (Å²) < 4.78 is 30.1. The average Bonchev–Trinajstić information content (AvgIpc) is 2.99. The smallest absolute Gasteiger partial charge is 0.311 e. The van der Waals surface area contributed by atoms with Crippen LogP contribution in [0.2, 0.25) is 0 Å². The minimum absolute atomic E-state index is 0.0648. The Labute approximate surface area is 283 Å². The summed E-state index contributed by atoms with van der Waals surface area (Å²) in [6, 6.07) is 0. The lowest BCUT2D eigenvalue weighted by Gasteiger charge is -2.47. The van der Waals surface area contributed by atoms with Gasteiger partial charge >= 0.3 is 5.97 Å². The van der Waals surface area contributed by atoms with Crippen LogP contribution in [-0.4, -0.2) is 132 Å². The molecule has 0 aromatic carbocycles. The second-order valence-electron chi connectivity index (χ2n) is 15.2. The molecule has 0 aromatic rings. The molecule has 4 N–H and O–H groups in total. The first-order valence-electron chi connectivity index (χ1n) is 17.3. The van der Waals surface area contributed by atoms with Crippen LogP contribution >= 0.6 is 0 Å². The SMILES string of the molecule is CC[C@H]1OC(=O)[C@H](C)[C@@H](O[C@H]2C[C@@](C)(OC)[C@@H](O)[C@H](C)O2)[C@H](C)[C@@H](C)[C@](C)(O)C[C@@H](C)/C(=N\COCCN(C)C)[C@H](C)[C@@H](O)[C@]1(C)O. The van der Waals surface area contributed by atoms with Gasteiger partial charge in [-0.15, -0.1) is 0 Å². The number of ether oxygens (including phenoxy) is 5. The molecule has 12 nitrogen and oxygen atoms in total. The van der Waals surface area contributed by atoms with Crippen molar-refractivity contribution in [1.29, 1.82) is 0 Å². The lowest BCUT2D eigenvalue weighted by Crippen LogP contribution is -2.58. The van der Waals surface area contributed by atoms with E-state index in [1.54, 1.807) is 41.5 Å². The number of carbonyl (C=O) groups excluding carboxylic acids is 1. The normalized spacial score (nSPS) is 45.5. The molecule has 0 amide bonds. The quantitative estimate of drug-likeness (QED) is 0.210. The van der Waals surface area contributed by atoms with E-state index >= 15 is 0 Å². The molecule has 2 aliphatic rings. The molecule has 0 saturated carbocycles. The molecule has 0 unspecified atom stereocenters. The molecule has 0 aliphatic carbocycles. The van der Waals surface area contributed by atoms with Crippen molar-refractivity contribution >= 4 is 11.7 Å². The van der Waals surface area contributed by atoms with Crippen molar-refractivity contribution in [3.63, 3.8) is 0 Å². The van der Waals surface area contributed by atoms with Crippen molar-refractivity contribution in [2.75, 3.05) is 41.1 Å². The molecule has 0 spiro atoms. The monoisotopic (exact) mass is 674 g/mol. The van der Waals surface area contributed by atoms with Crippen LogP contribution in [0.3, 0.4) is 0 Å². The van der Waals surface area contributed by atoms with Crippen molar-refractivity contribution in [3.05, 3.63) is 0 Å². The molecule has 2 fully saturated rings. The van der Waals surface area contributed by atoms with Crippen LogP contribution in [0, 0.1) is 29.6 Å². The summed E-state index contributed by atoms with van der Waals surface area (Å²) in [4.78, 5) is 20.6. The zero-order valence-electron chi connectivity index (χ0n) is 31.2. The molecule has 0 bridgehead atoms. The Kier molecular flexibility index (Phi) is 15.3. The maximum Gasteiger partial charge on any atom is 0.311 e. The molecule has 0 radical (unpaired) electrons. The summed E-state index contributed by atoms with van der Waals surface area (Å²) in [5.74, 6) is -3.13. The molecular weight excluding hydrogens is 608 g/mol. The molecule has 276 valence electrons. The second-order valence-corrected chi connectivity index (χ2v) is 15.2. The van der Waals surface area contributed by atoms with E-state index in [0.29, 0.717) is 18.7 Å². The van der Waals surface area contributed by atoms with Gasteiger partial charge in [-0.25, -0.2) is 0 Å². The first kappa shape index (κ1) is 41.9. The number of likely N-dealkylation sites (N-methyl/N-ethyl adjacent to an activating group) is 1. The summed E-state index contributed by atoms with van der Waals surface area (Å²) in [6.45, 7) is 19.2. The van der Waals surface area contributed by atoms with Gasteiger partial charge in [0.15, 0.2) is 6.29 Å². The van der Waals surface area contributed by atoms with Gasteiger partial charge in [0.25, 0.3) is 0 Å². The molecule has 47 heavy (non-hydrogen) atoms. The van der Waals surface area contributed by atoms with Gasteiger partial charge in [-0.05, 0) is 79.3 Å². The largest absolute Gasteiger partial charge is 0.459 e. The van der Waals surface area contributed by atoms with Gasteiger partial charge in [-0.3, -0.25) is 9.79 Å². The Morgan fingerprint density at radius 2 is 1.60 bits per heavy atom. The number of aliphatic hydroxyl groups is 4. The molecule has 12 heteroatoms. The number of rotatable bonds is 9. The van der Waals surface area contributed by atoms with Gasteiger partial charge in [0.05, 0.1) is 42.0 Å². The number of nitrogens with zero attached hydrogens (tertiary/aromatic N) is 2. The first-order chi connectivity index (χ1) is 21.6. The summed E-state index contributed by atoms with van der Waals surface area (Å²) in [5, 5.41) is 46.2. The van der Waals surface area contributed by atoms with Crippen LogP contribution in [0.5, 0.6) is 0 Å². The third kappa shape index (κ3) is 10.2. The number of carbonyl (C=O) groups is 1. The standard InChI is InChI=1S/C35H66N2O10/c1-14-26-35(10,42)30(38)22(4)28(36-19-44-16-15-37(11)12)20(2)17-33(8,41)24(6)21(3)29(23(5)32(40)46-26)47-27-18-34(9,43-13)31(39)25(7)45-27/h20-27,29-31,38-39,41-42H,14-19H2,1-13H3/b36-28+/t20-,21-,22+,23-,24-,25+,26-,27+,29+,30-,31+,33-,34-,35-/m1/s1. The number of esters is 1. The molecule has 2 aliphatic heterocycles. The van der Waals surface area contributed by atoms with Crippen LogP contribution in [0.4, 0.5) is 0 Å². The minimum atomic E-state index is -1.82. The third-order valence-electron chi connectivity index (χ3n) is 11.0. The number of aliphatic hydroxyl groups excluding tert-OH is 2. The highest BCUT2D eigenvalue weighted by atomic mass is 16.7. The number of aliphatic imine (C=N–C) groups is 1. The Hall–Kier alpha value is -1.22. The zero-order chi connectivity index (χ0) is 36.1. The van der Waals surface area contributed by atoms with Crippen LogP contribution in [0.15, 0.2) is 4.99 Å². The number of methoxy groups -OCH3 is 1. The maximum absolute atomic E-state index is 13.9. The number of hydrogen-bond donors (Lipinski definition) is 4. The Morgan fingerprint density at radius 3 is 2.15 bits per heavy atom. The maximum atomic E-state index is 13.9. The first-order valence-corrected chi connectivity index (χ1v) is 17.3. The average molecular weight is 675 g/mol. The highest BCUT2D eigenvalue weighted by Crippen LogP contribution is 2.40. The molecule has 14 atom stereocenters. The van der Waals surface area contributed by atoms with Crippen molar-refractivity contribution in [2.24, 2.45) is 34.6 Å². The van der Waals surface area contributed by atoms with Crippen LogP contribution in [-0.2, 0) is 28.5 Å². The topological polar surface area (TPSA) is 160 Å². The fourth-order valence-corrected chi connectivity index (χ4v) is 7.26. The van der Waals surface area contributed by atoms with Crippen molar-refractivity contribution in [1.82, 2.24) is 4.90 Å². The minimum Gasteiger partial charge on any atom is -0.459 e. The van der Waals surface area contributed by atoms with E-state index in [-0.39, 0.29) is 37.3 Å². The molecule has 2 heterocycles. The second kappa shape index (κ2) is 17.1. The molecule has 2 rings (SSSR count). The van der Waals surface area contributed by atoms with E-state index in [1.807, 2.05) is 39.8 Å². The Balaban J connectivity index is 2.57. The van der Waals surface area contributed by atoms with Crippen molar-refractivity contribution in [3.8, 4) is 0 Å². The van der Waals surface area contributed by atoms with Gasteiger partial charge in [0.1, 0.15) is 24.5 Å². The molecular formula is C35H66N2O10. The summed E-state index contributed by atoms with van der Waals surface area (Å²) in [7, 11) is 5.44. The van der Waals surface area contributed by atoms with E-state index in [9.17, 15) is 25.2 Å². The Bertz CT molecular complexity index is 1020. The van der Waals surface area contributed by atoms with E-state index in [1.165, 1.54) is 14.0 Å². The van der Waals surface area contributed by atoms with Gasteiger partial charge in [0, 0.05) is 31.7 Å². The molecule has 0 aromatic heterocycles. The van der Waals surface area contributed by atoms with E-state index < -0.39 is 71.4 Å². The van der Waals surface area contributed by atoms with Crippen LogP contribution in [0.25, 0.3) is 0 Å². The van der Waals surface area contributed by atoms with E-state index in [4.69, 9.17) is 28.7 Å². The van der Waals surface area contributed by atoms with Gasteiger partial charge < -0.3 is 49.0 Å². The highest BCUT2D eigenvalue weighted by molar-refractivity contribution is 5.89. The summed E-state index contributed by atoms with van der Waals surface area (Å²) in [5.41, 5.74) is -3.41. The van der Waals surface area contributed by atoms with E-state index in [2.05, 4.69) is 0 Å². The Morgan fingerprint density at radius 1 is 0.979 bits per heavy atom. The predicted octanol–water partition coefficient (Wildman–Crippen LogP) is 3.02. The van der Waals surface area contributed by atoms with Crippen molar-refractivity contribution in [2.45, 2.75) is 142 Å². The fourth-order valence-electron chi connectivity index (χ4n) is 7.26. The highest BCUT2D eigenvalue weighted by Gasteiger charge is 2.50. The van der Waals surface area contributed by atoms with Gasteiger partial charge in [0.2, 0.25) is 0 Å². The van der Waals surface area contributed by atoms with Crippen molar-refractivity contribution < 1.29 is 48.9 Å². The van der Waals surface area contributed by atoms with E-state index in [0.717, 1.165) is 6.54 Å². The third-order valence-corrected chi connectivity index (χ3v) is 11.0.